The lowest BCUT2D eigenvalue weighted by Crippen LogP contribution is -2.44. The van der Waals surface area contributed by atoms with Crippen molar-refractivity contribution in [3.63, 3.8) is 0 Å². The van der Waals surface area contributed by atoms with E-state index in [0.29, 0.717) is 0 Å². The first-order valence-electron chi connectivity index (χ1n) is 6.39. The van der Waals surface area contributed by atoms with Crippen molar-refractivity contribution in [3.05, 3.63) is 23.5 Å². The molecule has 0 aliphatic carbocycles. The van der Waals surface area contributed by atoms with E-state index >= 15 is 0 Å². The Hall–Kier alpha value is -1.31. The molecule has 1 aliphatic rings. The van der Waals surface area contributed by atoms with Crippen LogP contribution in [0.4, 0.5) is 0 Å². The highest BCUT2D eigenvalue weighted by Gasteiger charge is 2.22. The van der Waals surface area contributed by atoms with Crippen LogP contribution in [0.25, 0.3) is 5.13 Å². The third kappa shape index (κ3) is 2.99. The van der Waals surface area contributed by atoms with Crippen LogP contribution in [-0.4, -0.2) is 50.2 Å². The van der Waals surface area contributed by atoms with Gasteiger partial charge in [0.1, 0.15) is 0 Å². The Morgan fingerprint density at radius 3 is 2.84 bits per heavy atom. The lowest BCUT2D eigenvalue weighted by atomic mass is 10.2. The predicted molar refractivity (Wildman–Crippen MR) is 72.3 cm³/mol. The third-order valence-electron chi connectivity index (χ3n) is 3.04. The molecule has 2 aromatic rings. The highest BCUT2D eigenvalue weighted by atomic mass is 32.1. The molecule has 102 valence electrons. The Balaban J connectivity index is 1.67. The zero-order valence-electron chi connectivity index (χ0n) is 11.1. The minimum atomic E-state index is 0.276. The number of rotatable bonds is 3. The molecule has 0 N–H and O–H groups in total. The summed E-state index contributed by atoms with van der Waals surface area (Å²) in [4.78, 5) is 6.57. The Labute approximate surface area is 116 Å². The molecule has 1 saturated heterocycles. The van der Waals surface area contributed by atoms with E-state index in [0.717, 1.165) is 30.5 Å². The molecule has 6 nitrogen and oxygen atoms in total. The summed E-state index contributed by atoms with van der Waals surface area (Å²) in [7, 11) is 0. The van der Waals surface area contributed by atoms with Crippen LogP contribution in [0.1, 0.15) is 19.5 Å². The SMILES string of the molecule is C[C@@H]1CN(Cc2cn(-c3nccs3)nn2)C[C@H](C)O1. The topological polar surface area (TPSA) is 56.1 Å². The first-order valence-corrected chi connectivity index (χ1v) is 7.27. The van der Waals surface area contributed by atoms with Gasteiger partial charge in [0.15, 0.2) is 0 Å². The van der Waals surface area contributed by atoms with Crippen LogP contribution in [0, 0.1) is 0 Å². The first-order chi connectivity index (χ1) is 9.20. The molecule has 0 saturated carbocycles. The van der Waals surface area contributed by atoms with E-state index in [-0.39, 0.29) is 12.2 Å². The molecule has 0 amide bonds. The first kappa shape index (κ1) is 12.7. The molecule has 19 heavy (non-hydrogen) atoms. The smallest absolute Gasteiger partial charge is 0.211 e. The summed E-state index contributed by atoms with van der Waals surface area (Å²) >= 11 is 1.55. The predicted octanol–water partition coefficient (Wildman–Crippen LogP) is 1.33. The summed E-state index contributed by atoms with van der Waals surface area (Å²) in [6.07, 6.45) is 4.27. The third-order valence-corrected chi connectivity index (χ3v) is 3.80. The van der Waals surface area contributed by atoms with Gasteiger partial charge in [-0.2, -0.15) is 4.68 Å². The maximum absolute atomic E-state index is 5.73. The summed E-state index contributed by atoms with van der Waals surface area (Å²) in [5, 5.41) is 11.1. The van der Waals surface area contributed by atoms with E-state index in [2.05, 4.69) is 34.0 Å². The Morgan fingerprint density at radius 2 is 2.16 bits per heavy atom. The lowest BCUT2D eigenvalue weighted by Gasteiger charge is -2.34. The largest absolute Gasteiger partial charge is 0.373 e. The number of ether oxygens (including phenoxy) is 1. The summed E-state index contributed by atoms with van der Waals surface area (Å²) < 4.78 is 7.46. The minimum Gasteiger partial charge on any atom is -0.373 e. The maximum Gasteiger partial charge on any atom is 0.211 e. The molecular formula is C12H17N5OS. The van der Waals surface area contributed by atoms with Gasteiger partial charge in [-0.1, -0.05) is 5.21 Å². The minimum absolute atomic E-state index is 0.276. The molecule has 7 heteroatoms. The standard InChI is InChI=1S/C12H17N5OS/c1-9-5-16(6-10(2)18-9)7-11-8-17(15-14-11)12-13-3-4-19-12/h3-4,8-10H,5-7H2,1-2H3/t9-,10+. The molecule has 1 aliphatic heterocycles. The molecule has 3 rings (SSSR count). The monoisotopic (exact) mass is 279 g/mol. The van der Waals surface area contributed by atoms with Crippen LogP contribution < -0.4 is 0 Å². The molecule has 0 spiro atoms. The molecule has 0 aromatic carbocycles. The normalized spacial score (nSPS) is 24.7. The Kier molecular flexibility index (Phi) is 3.58. The van der Waals surface area contributed by atoms with Crippen molar-refractivity contribution >= 4 is 11.3 Å². The molecule has 3 heterocycles. The molecule has 2 atom stereocenters. The average Bonchev–Trinajstić information content (AvgIpc) is 2.96. The van der Waals surface area contributed by atoms with Crippen LogP contribution in [0.5, 0.6) is 0 Å². The second-order valence-electron chi connectivity index (χ2n) is 4.92. The number of nitrogens with zero attached hydrogens (tertiary/aromatic N) is 5. The van der Waals surface area contributed by atoms with Crippen molar-refractivity contribution in [2.24, 2.45) is 0 Å². The van der Waals surface area contributed by atoms with Gasteiger partial charge < -0.3 is 4.74 Å². The fraction of sp³-hybridized carbons (Fsp3) is 0.583. The fourth-order valence-electron chi connectivity index (χ4n) is 2.44. The number of aromatic nitrogens is 4. The molecular weight excluding hydrogens is 262 g/mol. The molecule has 1 fully saturated rings. The molecule has 0 unspecified atom stereocenters. The molecule has 0 bridgehead atoms. The summed E-state index contributed by atoms with van der Waals surface area (Å²) in [5.41, 5.74) is 0.969. The van der Waals surface area contributed by atoms with Crippen LogP contribution >= 0.6 is 11.3 Å². The fourth-order valence-corrected chi connectivity index (χ4v) is 3.00. The summed E-state index contributed by atoms with van der Waals surface area (Å²) in [6.45, 7) is 6.90. The van der Waals surface area contributed by atoms with Gasteiger partial charge in [0.05, 0.1) is 24.1 Å². The molecule has 2 aromatic heterocycles. The number of thiazole rings is 1. The van der Waals surface area contributed by atoms with E-state index in [1.165, 1.54) is 0 Å². The lowest BCUT2D eigenvalue weighted by molar-refractivity contribution is -0.0707. The van der Waals surface area contributed by atoms with Gasteiger partial charge in [0, 0.05) is 31.2 Å². The van der Waals surface area contributed by atoms with Crippen molar-refractivity contribution in [1.29, 1.82) is 0 Å². The van der Waals surface area contributed by atoms with Gasteiger partial charge in [-0.05, 0) is 13.8 Å². The second kappa shape index (κ2) is 5.36. The summed E-state index contributed by atoms with van der Waals surface area (Å²) in [6, 6.07) is 0. The van der Waals surface area contributed by atoms with Crippen molar-refractivity contribution in [2.45, 2.75) is 32.6 Å². The zero-order chi connectivity index (χ0) is 13.2. The highest BCUT2D eigenvalue weighted by Crippen LogP contribution is 2.14. The van der Waals surface area contributed by atoms with Crippen LogP contribution in [-0.2, 0) is 11.3 Å². The van der Waals surface area contributed by atoms with Gasteiger partial charge in [0.2, 0.25) is 5.13 Å². The van der Waals surface area contributed by atoms with Crippen molar-refractivity contribution in [3.8, 4) is 5.13 Å². The van der Waals surface area contributed by atoms with Gasteiger partial charge in [0.25, 0.3) is 0 Å². The zero-order valence-corrected chi connectivity index (χ0v) is 11.9. The van der Waals surface area contributed by atoms with E-state index in [1.54, 1.807) is 22.2 Å². The number of hydrogen-bond acceptors (Lipinski definition) is 6. The van der Waals surface area contributed by atoms with Gasteiger partial charge in [-0.15, -0.1) is 16.4 Å². The maximum atomic E-state index is 5.73. The van der Waals surface area contributed by atoms with Crippen LogP contribution in [0.2, 0.25) is 0 Å². The average molecular weight is 279 g/mol. The molecule has 0 radical (unpaired) electrons. The highest BCUT2D eigenvalue weighted by molar-refractivity contribution is 7.12. The van der Waals surface area contributed by atoms with E-state index in [4.69, 9.17) is 4.74 Å². The van der Waals surface area contributed by atoms with Crippen LogP contribution in [0.15, 0.2) is 17.8 Å². The van der Waals surface area contributed by atoms with E-state index < -0.39 is 0 Å². The quantitative estimate of drug-likeness (QED) is 0.848. The summed E-state index contributed by atoms with van der Waals surface area (Å²) in [5.74, 6) is 0. The van der Waals surface area contributed by atoms with Gasteiger partial charge in [-0.3, -0.25) is 4.90 Å². The van der Waals surface area contributed by atoms with Crippen molar-refractivity contribution in [2.75, 3.05) is 13.1 Å². The van der Waals surface area contributed by atoms with Crippen molar-refractivity contribution in [1.82, 2.24) is 24.9 Å². The Bertz CT molecular complexity index is 516. The number of morpholine rings is 1. The van der Waals surface area contributed by atoms with Gasteiger partial charge >= 0.3 is 0 Å². The second-order valence-corrected chi connectivity index (χ2v) is 5.79. The number of hydrogen-bond donors (Lipinski definition) is 0. The Morgan fingerprint density at radius 1 is 1.37 bits per heavy atom. The van der Waals surface area contributed by atoms with Crippen molar-refractivity contribution < 1.29 is 4.74 Å². The van der Waals surface area contributed by atoms with E-state index in [9.17, 15) is 0 Å². The van der Waals surface area contributed by atoms with Crippen LogP contribution in [0.3, 0.4) is 0 Å². The van der Waals surface area contributed by atoms with E-state index in [1.807, 2.05) is 11.6 Å². The van der Waals surface area contributed by atoms with Gasteiger partial charge in [-0.25, -0.2) is 4.98 Å².